The molecule has 0 heterocycles. The number of carbonyl (C=O) groups excluding carboxylic acids is 1. The fourth-order valence-corrected chi connectivity index (χ4v) is 3.46. The first-order chi connectivity index (χ1) is 11.2. The van der Waals surface area contributed by atoms with Gasteiger partial charge in [0.2, 0.25) is 15.9 Å². The molecule has 7 nitrogen and oxygen atoms in total. The molecule has 0 saturated heterocycles. The van der Waals surface area contributed by atoms with E-state index < -0.39 is 22.0 Å². The van der Waals surface area contributed by atoms with Crippen molar-refractivity contribution in [3.05, 3.63) is 23.2 Å². The second kappa shape index (κ2) is 9.22. The van der Waals surface area contributed by atoms with Crippen LogP contribution < -0.4 is 14.8 Å². The number of benzene rings is 1. The first-order valence-corrected chi connectivity index (χ1v) is 9.31. The SMILES string of the molecule is CCOc1ccc(S(=O)(=O)N[C@H](C)C(=O)N[C@@H](C)COC)cc1Cl. The fourth-order valence-electron chi connectivity index (χ4n) is 1.94. The van der Waals surface area contributed by atoms with Crippen LogP contribution in [0.4, 0.5) is 0 Å². The molecule has 1 amide bonds. The summed E-state index contributed by atoms with van der Waals surface area (Å²) in [5, 5.41) is 2.84. The number of methoxy groups -OCH3 is 1. The van der Waals surface area contributed by atoms with Crippen LogP contribution in [0.15, 0.2) is 23.1 Å². The summed E-state index contributed by atoms with van der Waals surface area (Å²) in [6.45, 7) is 5.77. The quantitative estimate of drug-likeness (QED) is 0.680. The number of hydrogen-bond donors (Lipinski definition) is 2. The zero-order chi connectivity index (χ0) is 18.3. The van der Waals surface area contributed by atoms with Gasteiger partial charge in [0.15, 0.2) is 0 Å². The molecule has 1 rings (SSSR count). The number of carbonyl (C=O) groups is 1. The lowest BCUT2D eigenvalue weighted by atomic mass is 10.3. The van der Waals surface area contributed by atoms with E-state index in [2.05, 4.69) is 10.0 Å². The molecule has 1 aromatic carbocycles. The van der Waals surface area contributed by atoms with Gasteiger partial charge in [-0.3, -0.25) is 4.79 Å². The highest BCUT2D eigenvalue weighted by molar-refractivity contribution is 7.89. The van der Waals surface area contributed by atoms with Gasteiger partial charge < -0.3 is 14.8 Å². The van der Waals surface area contributed by atoms with Crippen LogP contribution in [0.5, 0.6) is 5.75 Å². The minimum absolute atomic E-state index is 0.0412. The molecule has 136 valence electrons. The molecular weight excluding hydrogens is 356 g/mol. The Morgan fingerprint density at radius 2 is 2.00 bits per heavy atom. The van der Waals surface area contributed by atoms with Crippen LogP contribution >= 0.6 is 11.6 Å². The molecule has 0 aliphatic rings. The van der Waals surface area contributed by atoms with E-state index in [4.69, 9.17) is 21.1 Å². The van der Waals surface area contributed by atoms with E-state index in [0.717, 1.165) is 0 Å². The molecule has 1 aromatic rings. The molecule has 0 aliphatic heterocycles. The summed E-state index contributed by atoms with van der Waals surface area (Å²) in [6.07, 6.45) is 0. The molecule has 0 bridgehead atoms. The van der Waals surface area contributed by atoms with Crippen LogP contribution in [-0.2, 0) is 19.6 Å². The van der Waals surface area contributed by atoms with Gasteiger partial charge in [-0.1, -0.05) is 11.6 Å². The molecule has 0 spiro atoms. The first-order valence-electron chi connectivity index (χ1n) is 7.45. The highest BCUT2D eigenvalue weighted by atomic mass is 35.5. The number of nitrogens with one attached hydrogen (secondary N) is 2. The standard InChI is InChI=1S/C15H23ClN2O5S/c1-5-23-14-7-6-12(8-13(14)16)24(20,21)18-11(3)15(19)17-10(2)9-22-4/h6-8,10-11,18H,5,9H2,1-4H3,(H,17,19)/t10-,11+/m0/s1. The third-order valence-electron chi connectivity index (χ3n) is 3.04. The number of ether oxygens (including phenoxy) is 2. The number of hydrogen-bond acceptors (Lipinski definition) is 5. The first kappa shape index (κ1) is 20.7. The summed E-state index contributed by atoms with van der Waals surface area (Å²) in [5.41, 5.74) is 0. The second-order valence-corrected chi connectivity index (χ2v) is 7.35. The highest BCUT2D eigenvalue weighted by Crippen LogP contribution is 2.27. The molecule has 0 aliphatic carbocycles. The van der Waals surface area contributed by atoms with E-state index >= 15 is 0 Å². The van der Waals surface area contributed by atoms with Crippen LogP contribution in [-0.4, -0.2) is 46.7 Å². The van der Waals surface area contributed by atoms with Gasteiger partial charge in [-0.25, -0.2) is 8.42 Å². The van der Waals surface area contributed by atoms with Gasteiger partial charge in [0.05, 0.1) is 29.2 Å². The monoisotopic (exact) mass is 378 g/mol. The fraction of sp³-hybridized carbons (Fsp3) is 0.533. The van der Waals surface area contributed by atoms with Gasteiger partial charge in [0.25, 0.3) is 0 Å². The van der Waals surface area contributed by atoms with E-state index in [1.807, 2.05) is 0 Å². The van der Waals surface area contributed by atoms with E-state index in [-0.39, 0.29) is 16.0 Å². The lowest BCUT2D eigenvalue weighted by molar-refractivity contribution is -0.123. The van der Waals surface area contributed by atoms with Crippen LogP contribution in [0, 0.1) is 0 Å². The van der Waals surface area contributed by atoms with Gasteiger partial charge in [0, 0.05) is 13.2 Å². The van der Waals surface area contributed by atoms with Gasteiger partial charge in [-0.15, -0.1) is 0 Å². The summed E-state index contributed by atoms with van der Waals surface area (Å²) in [7, 11) is -2.37. The summed E-state index contributed by atoms with van der Waals surface area (Å²) in [6, 6.07) is 2.96. The Hall–Kier alpha value is -1.35. The normalized spacial score (nSPS) is 14.0. The number of sulfonamides is 1. The molecule has 0 unspecified atom stereocenters. The molecule has 9 heteroatoms. The Balaban J connectivity index is 2.82. The Morgan fingerprint density at radius 3 is 2.54 bits per heavy atom. The minimum Gasteiger partial charge on any atom is -0.492 e. The lowest BCUT2D eigenvalue weighted by Gasteiger charge is -2.18. The van der Waals surface area contributed by atoms with Gasteiger partial charge in [-0.05, 0) is 39.0 Å². The van der Waals surface area contributed by atoms with Crippen molar-refractivity contribution in [3.63, 3.8) is 0 Å². The van der Waals surface area contributed by atoms with Crippen molar-refractivity contribution in [1.82, 2.24) is 10.0 Å². The van der Waals surface area contributed by atoms with Crippen LogP contribution in [0.1, 0.15) is 20.8 Å². The van der Waals surface area contributed by atoms with Crippen molar-refractivity contribution in [3.8, 4) is 5.75 Å². The zero-order valence-corrected chi connectivity index (χ0v) is 15.7. The van der Waals surface area contributed by atoms with Gasteiger partial charge in [0.1, 0.15) is 5.75 Å². The van der Waals surface area contributed by atoms with Crippen molar-refractivity contribution in [2.24, 2.45) is 0 Å². The van der Waals surface area contributed by atoms with Crippen molar-refractivity contribution in [1.29, 1.82) is 0 Å². The van der Waals surface area contributed by atoms with Crippen molar-refractivity contribution in [2.75, 3.05) is 20.3 Å². The largest absolute Gasteiger partial charge is 0.492 e. The van der Waals surface area contributed by atoms with Crippen molar-refractivity contribution in [2.45, 2.75) is 37.8 Å². The number of halogens is 1. The lowest BCUT2D eigenvalue weighted by Crippen LogP contribution is -2.48. The molecule has 0 saturated carbocycles. The zero-order valence-electron chi connectivity index (χ0n) is 14.1. The van der Waals surface area contributed by atoms with Crippen molar-refractivity contribution < 1.29 is 22.7 Å². The van der Waals surface area contributed by atoms with Gasteiger partial charge >= 0.3 is 0 Å². The maximum absolute atomic E-state index is 12.4. The predicted molar refractivity (Wildman–Crippen MR) is 91.9 cm³/mol. The summed E-state index contributed by atoms with van der Waals surface area (Å²) >= 11 is 6.01. The Bertz CT molecular complexity index is 666. The molecule has 2 N–H and O–H groups in total. The summed E-state index contributed by atoms with van der Waals surface area (Å²) in [4.78, 5) is 12.0. The number of amides is 1. The average molecular weight is 379 g/mol. The molecule has 24 heavy (non-hydrogen) atoms. The minimum atomic E-state index is -3.89. The molecule has 0 radical (unpaired) electrons. The smallest absolute Gasteiger partial charge is 0.241 e. The Labute approximate surface area is 147 Å². The van der Waals surface area contributed by atoms with Crippen LogP contribution in [0.25, 0.3) is 0 Å². The Kier molecular flexibility index (Phi) is 7.95. The molecular formula is C15H23ClN2O5S. The predicted octanol–water partition coefficient (Wildman–Crippen LogP) is 1.56. The third-order valence-corrected chi connectivity index (χ3v) is 4.88. The van der Waals surface area contributed by atoms with E-state index in [1.54, 1.807) is 13.8 Å². The van der Waals surface area contributed by atoms with Crippen LogP contribution in [0.3, 0.4) is 0 Å². The maximum Gasteiger partial charge on any atom is 0.241 e. The summed E-state index contributed by atoms with van der Waals surface area (Å²) in [5.74, 6) is -0.0440. The van der Waals surface area contributed by atoms with E-state index in [0.29, 0.717) is 19.0 Å². The maximum atomic E-state index is 12.4. The topological polar surface area (TPSA) is 93.7 Å². The summed E-state index contributed by atoms with van der Waals surface area (Å²) < 4.78 is 37.2. The molecule has 0 aromatic heterocycles. The van der Waals surface area contributed by atoms with Crippen molar-refractivity contribution >= 4 is 27.5 Å². The van der Waals surface area contributed by atoms with E-state index in [9.17, 15) is 13.2 Å². The Morgan fingerprint density at radius 1 is 1.33 bits per heavy atom. The third kappa shape index (κ3) is 5.94. The second-order valence-electron chi connectivity index (χ2n) is 5.23. The number of rotatable bonds is 9. The van der Waals surface area contributed by atoms with Gasteiger partial charge in [-0.2, -0.15) is 4.72 Å². The van der Waals surface area contributed by atoms with E-state index in [1.165, 1.54) is 32.2 Å². The molecule has 0 fully saturated rings. The molecule has 2 atom stereocenters. The van der Waals surface area contributed by atoms with Crippen LogP contribution in [0.2, 0.25) is 5.02 Å². The average Bonchev–Trinajstić information content (AvgIpc) is 2.49. The highest BCUT2D eigenvalue weighted by Gasteiger charge is 2.23.